The summed E-state index contributed by atoms with van der Waals surface area (Å²) in [5, 5.41) is 12.6. The van der Waals surface area contributed by atoms with Gasteiger partial charge < -0.3 is 10.1 Å². The minimum atomic E-state index is -0.523. The molecule has 1 amide bonds. The number of halogens is 3. The molecule has 0 unspecified atom stereocenters. The summed E-state index contributed by atoms with van der Waals surface area (Å²) in [6, 6.07) is 12.3. The molecule has 0 aliphatic heterocycles. The van der Waals surface area contributed by atoms with Gasteiger partial charge in [-0.15, -0.1) is 0 Å². The summed E-state index contributed by atoms with van der Waals surface area (Å²) >= 11 is 12.8. The monoisotopic (exact) mass is 510 g/mol. The molecule has 0 saturated carbocycles. The second-order valence-electron chi connectivity index (χ2n) is 6.15. The average molecular weight is 513 g/mol. The van der Waals surface area contributed by atoms with Crippen LogP contribution in [0, 0.1) is 17.2 Å². The van der Waals surface area contributed by atoms with Crippen molar-refractivity contribution in [2.75, 3.05) is 11.9 Å². The topological polar surface area (TPSA) is 62.1 Å². The van der Waals surface area contributed by atoms with Crippen molar-refractivity contribution in [2.24, 2.45) is 5.92 Å². The normalized spacial score (nSPS) is 11.2. The van der Waals surface area contributed by atoms with E-state index in [1.165, 1.54) is 6.08 Å². The van der Waals surface area contributed by atoms with Crippen molar-refractivity contribution in [1.29, 1.82) is 5.26 Å². The van der Waals surface area contributed by atoms with Crippen LogP contribution in [0.1, 0.15) is 19.4 Å². The van der Waals surface area contributed by atoms with E-state index in [0.29, 0.717) is 34.5 Å². The van der Waals surface area contributed by atoms with Crippen molar-refractivity contribution in [3.05, 3.63) is 61.5 Å². The first-order valence-electron chi connectivity index (χ1n) is 8.10. The number of nitriles is 1. The van der Waals surface area contributed by atoms with Crippen LogP contribution in [0.3, 0.4) is 0 Å². The fourth-order valence-corrected chi connectivity index (χ4v) is 3.72. The molecule has 7 heteroatoms. The molecule has 1 N–H and O–H groups in total. The lowest BCUT2D eigenvalue weighted by atomic mass is 10.1. The highest BCUT2D eigenvalue weighted by molar-refractivity contribution is 9.11. The Morgan fingerprint density at radius 1 is 1.33 bits per heavy atom. The molecule has 0 aromatic heterocycles. The molecule has 140 valence electrons. The summed E-state index contributed by atoms with van der Waals surface area (Å²) < 4.78 is 7.40. The fraction of sp³-hybridized carbons (Fsp3) is 0.200. The smallest absolute Gasteiger partial charge is 0.266 e. The second kappa shape index (κ2) is 9.93. The van der Waals surface area contributed by atoms with E-state index in [4.69, 9.17) is 16.3 Å². The largest absolute Gasteiger partial charge is 0.492 e. The van der Waals surface area contributed by atoms with Crippen LogP contribution in [-0.2, 0) is 4.79 Å². The molecule has 0 aliphatic rings. The van der Waals surface area contributed by atoms with Crippen molar-refractivity contribution < 1.29 is 9.53 Å². The summed E-state index contributed by atoms with van der Waals surface area (Å²) in [5.41, 5.74) is 1.09. The number of hydrogen-bond donors (Lipinski definition) is 1. The third kappa shape index (κ3) is 6.39. The molecule has 27 heavy (non-hydrogen) atoms. The van der Waals surface area contributed by atoms with Crippen LogP contribution >= 0.6 is 43.5 Å². The van der Waals surface area contributed by atoms with Gasteiger partial charge in [-0.3, -0.25) is 4.79 Å². The Balaban J connectivity index is 2.36. The third-order valence-corrected chi connectivity index (χ3v) is 4.63. The average Bonchev–Trinajstić information content (AvgIpc) is 2.58. The Morgan fingerprint density at radius 3 is 2.70 bits per heavy atom. The Kier molecular flexibility index (Phi) is 7.91. The molecule has 0 spiro atoms. The lowest BCUT2D eigenvalue weighted by molar-refractivity contribution is -0.112. The first-order chi connectivity index (χ1) is 12.8. The lowest BCUT2D eigenvalue weighted by Crippen LogP contribution is -2.13. The quantitative estimate of drug-likeness (QED) is 0.358. The first kappa shape index (κ1) is 21.5. The third-order valence-electron chi connectivity index (χ3n) is 3.35. The molecule has 0 aliphatic carbocycles. The zero-order valence-electron chi connectivity index (χ0n) is 14.7. The maximum Gasteiger partial charge on any atom is 0.266 e. The Morgan fingerprint density at radius 2 is 2.07 bits per heavy atom. The van der Waals surface area contributed by atoms with Gasteiger partial charge in [0.25, 0.3) is 5.91 Å². The van der Waals surface area contributed by atoms with Crippen LogP contribution in [-0.4, -0.2) is 12.5 Å². The highest BCUT2D eigenvalue weighted by Crippen LogP contribution is 2.34. The van der Waals surface area contributed by atoms with Crippen molar-refractivity contribution in [3.8, 4) is 11.8 Å². The Hall–Kier alpha value is -1.81. The first-order valence-corrected chi connectivity index (χ1v) is 10.1. The van der Waals surface area contributed by atoms with E-state index < -0.39 is 5.91 Å². The summed E-state index contributed by atoms with van der Waals surface area (Å²) in [6.45, 7) is 4.60. The van der Waals surface area contributed by atoms with Gasteiger partial charge in [-0.05, 0) is 58.3 Å². The number of ether oxygens (including phenoxy) is 1. The summed E-state index contributed by atoms with van der Waals surface area (Å²) in [4.78, 5) is 12.5. The molecule has 0 bridgehead atoms. The number of carbonyl (C=O) groups is 1. The number of nitrogens with zero attached hydrogens (tertiary/aromatic N) is 1. The molecule has 0 heterocycles. The van der Waals surface area contributed by atoms with Crippen LogP contribution in [0.2, 0.25) is 5.02 Å². The standard InChI is InChI=1S/C20H17Br2ClN2O2/c1-12(2)11-27-19-13(7-15(21)8-18(19)22)6-14(10-24)20(26)25-17-5-3-4-16(23)9-17/h3-9,12H,11H2,1-2H3,(H,25,26)/b14-6+. The van der Waals surface area contributed by atoms with Gasteiger partial charge in [-0.2, -0.15) is 5.26 Å². The summed E-state index contributed by atoms with van der Waals surface area (Å²) in [6.07, 6.45) is 1.51. The minimum absolute atomic E-state index is 0.0469. The van der Waals surface area contributed by atoms with E-state index in [-0.39, 0.29) is 5.57 Å². The van der Waals surface area contributed by atoms with E-state index in [0.717, 1.165) is 8.95 Å². The molecule has 2 aromatic rings. The highest BCUT2D eigenvalue weighted by atomic mass is 79.9. The SMILES string of the molecule is CC(C)COc1c(Br)cc(Br)cc1/C=C(\C#N)C(=O)Nc1cccc(Cl)c1. The summed E-state index contributed by atoms with van der Waals surface area (Å²) in [5.74, 6) is 0.389. The number of amides is 1. The highest BCUT2D eigenvalue weighted by Gasteiger charge is 2.14. The van der Waals surface area contributed by atoms with Crippen molar-refractivity contribution >= 4 is 61.1 Å². The van der Waals surface area contributed by atoms with Gasteiger partial charge in [-0.25, -0.2) is 0 Å². The van der Waals surface area contributed by atoms with Gasteiger partial charge in [0.15, 0.2) is 0 Å². The Labute approximate surface area is 180 Å². The van der Waals surface area contributed by atoms with E-state index in [2.05, 4.69) is 37.2 Å². The number of nitrogens with one attached hydrogen (secondary N) is 1. The number of anilines is 1. The van der Waals surface area contributed by atoms with E-state index in [9.17, 15) is 10.1 Å². The predicted octanol–water partition coefficient (Wildman–Crippen LogP) is 6.45. The van der Waals surface area contributed by atoms with E-state index in [1.807, 2.05) is 26.0 Å². The molecule has 0 radical (unpaired) electrons. The van der Waals surface area contributed by atoms with Crippen LogP contribution in [0.15, 0.2) is 50.9 Å². The minimum Gasteiger partial charge on any atom is -0.492 e. The maximum absolute atomic E-state index is 12.5. The molecular formula is C20H17Br2ClN2O2. The number of benzene rings is 2. The fourth-order valence-electron chi connectivity index (χ4n) is 2.16. The van der Waals surface area contributed by atoms with Crippen LogP contribution in [0.5, 0.6) is 5.75 Å². The van der Waals surface area contributed by atoms with Crippen molar-refractivity contribution in [1.82, 2.24) is 0 Å². The predicted molar refractivity (Wildman–Crippen MR) is 116 cm³/mol. The summed E-state index contributed by atoms with van der Waals surface area (Å²) in [7, 11) is 0. The van der Waals surface area contributed by atoms with Gasteiger partial charge >= 0.3 is 0 Å². The van der Waals surface area contributed by atoms with Gasteiger partial charge in [0.2, 0.25) is 0 Å². The maximum atomic E-state index is 12.5. The molecule has 0 atom stereocenters. The van der Waals surface area contributed by atoms with Crippen LogP contribution < -0.4 is 10.1 Å². The lowest BCUT2D eigenvalue weighted by Gasteiger charge is -2.14. The molecule has 2 rings (SSSR count). The second-order valence-corrected chi connectivity index (χ2v) is 8.35. The Bertz CT molecular complexity index is 921. The van der Waals surface area contributed by atoms with Gasteiger partial charge in [0.05, 0.1) is 11.1 Å². The van der Waals surface area contributed by atoms with E-state index in [1.54, 1.807) is 30.3 Å². The molecular weight excluding hydrogens is 495 g/mol. The molecule has 4 nitrogen and oxygen atoms in total. The molecule has 2 aromatic carbocycles. The number of rotatable bonds is 6. The van der Waals surface area contributed by atoms with Gasteiger partial charge in [0, 0.05) is 20.7 Å². The zero-order chi connectivity index (χ0) is 20.0. The van der Waals surface area contributed by atoms with E-state index >= 15 is 0 Å². The van der Waals surface area contributed by atoms with Crippen LogP contribution in [0.4, 0.5) is 5.69 Å². The van der Waals surface area contributed by atoms with Crippen LogP contribution in [0.25, 0.3) is 6.08 Å². The molecule has 0 fully saturated rings. The number of carbonyl (C=O) groups excluding carboxylic acids is 1. The molecule has 0 saturated heterocycles. The number of hydrogen-bond acceptors (Lipinski definition) is 3. The zero-order valence-corrected chi connectivity index (χ0v) is 18.7. The van der Waals surface area contributed by atoms with Gasteiger partial charge in [-0.1, -0.05) is 47.4 Å². The van der Waals surface area contributed by atoms with Gasteiger partial charge in [0.1, 0.15) is 17.4 Å². The van der Waals surface area contributed by atoms with Crippen molar-refractivity contribution in [2.45, 2.75) is 13.8 Å². The van der Waals surface area contributed by atoms with Crippen molar-refractivity contribution in [3.63, 3.8) is 0 Å².